The molecule has 1 unspecified atom stereocenters. The minimum absolute atomic E-state index is 0.174. The molecule has 0 bridgehead atoms. The van der Waals surface area contributed by atoms with Crippen molar-refractivity contribution < 1.29 is 18.8 Å². The first-order valence-electron chi connectivity index (χ1n) is 10.8. The number of methoxy groups -OCH3 is 2. The van der Waals surface area contributed by atoms with Gasteiger partial charge in [-0.15, -0.1) is 0 Å². The van der Waals surface area contributed by atoms with Gasteiger partial charge < -0.3 is 19.3 Å². The van der Waals surface area contributed by atoms with Crippen molar-refractivity contribution >= 4 is 11.6 Å². The maximum absolute atomic E-state index is 13.0. The SMILES string of the molecule is COCCCN1C(=O)NC(c2ccc(OC)cc2)C(c2nc(-c3cccc(C)c3)no2)=C1C. The maximum Gasteiger partial charge on any atom is 0.322 e. The fraction of sp³-hybridized carbons (Fsp3) is 0.320. The van der Waals surface area contributed by atoms with Crippen molar-refractivity contribution in [3.63, 3.8) is 0 Å². The molecule has 3 aromatic rings. The van der Waals surface area contributed by atoms with Gasteiger partial charge in [0.1, 0.15) is 5.75 Å². The number of hydrogen-bond acceptors (Lipinski definition) is 6. The Morgan fingerprint density at radius 3 is 2.61 bits per heavy atom. The molecule has 1 aromatic heterocycles. The molecule has 8 heteroatoms. The van der Waals surface area contributed by atoms with Gasteiger partial charge in [0, 0.05) is 31.5 Å². The molecule has 1 N–H and O–H groups in total. The van der Waals surface area contributed by atoms with E-state index in [1.54, 1.807) is 19.1 Å². The molecule has 0 radical (unpaired) electrons. The predicted molar refractivity (Wildman–Crippen MR) is 125 cm³/mol. The number of amides is 2. The van der Waals surface area contributed by atoms with Gasteiger partial charge in [-0.3, -0.25) is 4.90 Å². The molecular weight excluding hydrogens is 420 g/mol. The highest BCUT2D eigenvalue weighted by atomic mass is 16.5. The summed E-state index contributed by atoms with van der Waals surface area (Å²) in [5, 5.41) is 7.32. The van der Waals surface area contributed by atoms with E-state index in [0.29, 0.717) is 31.3 Å². The van der Waals surface area contributed by atoms with E-state index in [-0.39, 0.29) is 6.03 Å². The number of carbonyl (C=O) groups excluding carboxylic acids is 1. The number of nitrogens with one attached hydrogen (secondary N) is 1. The molecular formula is C25H28N4O4. The van der Waals surface area contributed by atoms with Crippen LogP contribution in [0.1, 0.15) is 36.4 Å². The number of hydrogen-bond donors (Lipinski definition) is 1. The number of allylic oxidation sites excluding steroid dienone is 1. The minimum Gasteiger partial charge on any atom is -0.497 e. The predicted octanol–water partition coefficient (Wildman–Crippen LogP) is 4.59. The summed E-state index contributed by atoms with van der Waals surface area (Å²) in [7, 11) is 3.27. The Morgan fingerprint density at radius 1 is 1.12 bits per heavy atom. The van der Waals surface area contributed by atoms with Crippen LogP contribution in [0.4, 0.5) is 4.79 Å². The van der Waals surface area contributed by atoms with Gasteiger partial charge in [-0.05, 0) is 44.0 Å². The molecule has 4 rings (SSSR count). The molecule has 0 spiro atoms. The summed E-state index contributed by atoms with van der Waals surface area (Å²) in [6.45, 7) is 5.01. The van der Waals surface area contributed by atoms with Crippen LogP contribution in [0.2, 0.25) is 0 Å². The summed E-state index contributed by atoms with van der Waals surface area (Å²) in [5.41, 5.74) is 4.42. The number of aryl methyl sites for hydroxylation is 1. The summed E-state index contributed by atoms with van der Waals surface area (Å²) in [6.07, 6.45) is 0.708. The fourth-order valence-electron chi connectivity index (χ4n) is 3.98. The van der Waals surface area contributed by atoms with E-state index in [1.165, 1.54) is 0 Å². The Labute approximate surface area is 193 Å². The van der Waals surface area contributed by atoms with E-state index in [4.69, 9.17) is 19.0 Å². The highest BCUT2D eigenvalue weighted by Crippen LogP contribution is 2.37. The number of carbonyl (C=O) groups is 1. The number of aromatic nitrogens is 2. The van der Waals surface area contributed by atoms with Crippen LogP contribution in [0.15, 0.2) is 58.8 Å². The molecule has 33 heavy (non-hydrogen) atoms. The third-order valence-corrected chi connectivity index (χ3v) is 5.71. The van der Waals surface area contributed by atoms with Crippen molar-refractivity contribution in [3.05, 3.63) is 71.2 Å². The number of benzene rings is 2. The lowest BCUT2D eigenvalue weighted by molar-refractivity contribution is 0.174. The van der Waals surface area contributed by atoms with Gasteiger partial charge in [0.2, 0.25) is 5.82 Å². The van der Waals surface area contributed by atoms with E-state index in [0.717, 1.165) is 33.7 Å². The normalized spacial score (nSPS) is 16.2. The van der Waals surface area contributed by atoms with E-state index < -0.39 is 6.04 Å². The van der Waals surface area contributed by atoms with Crippen LogP contribution in [0.5, 0.6) is 5.75 Å². The fourth-order valence-corrected chi connectivity index (χ4v) is 3.98. The maximum atomic E-state index is 13.0. The van der Waals surface area contributed by atoms with Gasteiger partial charge in [-0.25, -0.2) is 4.79 Å². The van der Waals surface area contributed by atoms with Crippen molar-refractivity contribution in [1.29, 1.82) is 0 Å². The van der Waals surface area contributed by atoms with Crippen molar-refractivity contribution in [2.75, 3.05) is 27.4 Å². The Bertz CT molecular complexity index is 1150. The topological polar surface area (TPSA) is 89.7 Å². The van der Waals surface area contributed by atoms with Crippen LogP contribution >= 0.6 is 0 Å². The van der Waals surface area contributed by atoms with Crippen molar-refractivity contribution in [1.82, 2.24) is 20.4 Å². The smallest absolute Gasteiger partial charge is 0.322 e. The number of rotatable bonds is 8. The third kappa shape index (κ3) is 4.75. The van der Waals surface area contributed by atoms with Gasteiger partial charge in [-0.2, -0.15) is 4.98 Å². The molecule has 1 aliphatic heterocycles. The first kappa shape index (κ1) is 22.5. The minimum atomic E-state index is -0.437. The zero-order valence-electron chi connectivity index (χ0n) is 19.3. The third-order valence-electron chi connectivity index (χ3n) is 5.71. The lowest BCUT2D eigenvalue weighted by Crippen LogP contribution is -2.46. The van der Waals surface area contributed by atoms with Crippen LogP contribution in [0.25, 0.3) is 17.0 Å². The Morgan fingerprint density at radius 2 is 1.91 bits per heavy atom. The van der Waals surface area contributed by atoms with E-state index in [1.807, 2.05) is 62.4 Å². The summed E-state index contributed by atoms with van der Waals surface area (Å²) >= 11 is 0. The molecule has 2 heterocycles. The number of urea groups is 1. The summed E-state index contributed by atoms with van der Waals surface area (Å²) < 4.78 is 16.2. The molecule has 2 aromatic carbocycles. The van der Waals surface area contributed by atoms with Crippen molar-refractivity contribution in [2.45, 2.75) is 26.3 Å². The second-order valence-electron chi connectivity index (χ2n) is 7.95. The van der Waals surface area contributed by atoms with Crippen LogP contribution in [0, 0.1) is 6.92 Å². The first-order valence-corrected chi connectivity index (χ1v) is 10.8. The quantitative estimate of drug-likeness (QED) is 0.507. The molecule has 2 amide bonds. The number of nitrogens with zero attached hydrogens (tertiary/aromatic N) is 3. The molecule has 1 aliphatic rings. The van der Waals surface area contributed by atoms with E-state index in [9.17, 15) is 4.79 Å². The Kier molecular flexibility index (Phi) is 6.74. The van der Waals surface area contributed by atoms with Gasteiger partial charge in [-0.1, -0.05) is 41.1 Å². The highest BCUT2D eigenvalue weighted by Gasteiger charge is 2.35. The number of ether oxygens (including phenoxy) is 2. The van der Waals surface area contributed by atoms with Crippen LogP contribution in [-0.2, 0) is 4.74 Å². The van der Waals surface area contributed by atoms with Gasteiger partial charge >= 0.3 is 6.03 Å². The largest absolute Gasteiger partial charge is 0.497 e. The molecule has 172 valence electrons. The van der Waals surface area contributed by atoms with Crippen LogP contribution in [-0.4, -0.2) is 48.4 Å². The molecule has 1 atom stereocenters. The molecule has 0 saturated heterocycles. The second-order valence-corrected chi connectivity index (χ2v) is 7.95. The zero-order valence-corrected chi connectivity index (χ0v) is 19.3. The summed E-state index contributed by atoms with van der Waals surface area (Å²) in [5.74, 6) is 1.62. The standard InChI is InChI=1S/C25H28N4O4/c1-16-7-5-8-19(15-16)23-27-24(33-28-23)21-17(2)29(13-6-14-31-3)25(30)26-22(21)18-9-11-20(32-4)12-10-18/h5,7-12,15,22H,6,13-14H2,1-4H3,(H,26,30). The van der Waals surface area contributed by atoms with Gasteiger partial charge in [0.15, 0.2) is 0 Å². The Balaban J connectivity index is 1.76. The second kappa shape index (κ2) is 9.87. The van der Waals surface area contributed by atoms with Crippen molar-refractivity contribution in [3.8, 4) is 17.1 Å². The monoisotopic (exact) mass is 448 g/mol. The zero-order chi connectivity index (χ0) is 23.4. The molecule has 0 fully saturated rings. The summed E-state index contributed by atoms with van der Waals surface area (Å²) in [4.78, 5) is 19.4. The lowest BCUT2D eigenvalue weighted by atomic mass is 9.94. The van der Waals surface area contributed by atoms with Crippen LogP contribution in [0.3, 0.4) is 0 Å². The molecule has 0 saturated carbocycles. The van der Waals surface area contributed by atoms with Crippen LogP contribution < -0.4 is 10.1 Å². The highest BCUT2D eigenvalue weighted by molar-refractivity contribution is 5.86. The molecule has 0 aliphatic carbocycles. The first-order chi connectivity index (χ1) is 16.0. The van der Waals surface area contributed by atoms with Crippen molar-refractivity contribution in [2.24, 2.45) is 0 Å². The van der Waals surface area contributed by atoms with Gasteiger partial charge in [0.25, 0.3) is 5.89 Å². The average Bonchev–Trinajstić information content (AvgIpc) is 3.31. The van der Waals surface area contributed by atoms with E-state index >= 15 is 0 Å². The van der Waals surface area contributed by atoms with E-state index in [2.05, 4.69) is 10.5 Å². The average molecular weight is 449 g/mol. The molecule has 8 nitrogen and oxygen atoms in total. The Hall–Kier alpha value is -3.65. The lowest BCUT2D eigenvalue weighted by Gasteiger charge is -2.35. The summed E-state index contributed by atoms with van der Waals surface area (Å²) in [6, 6.07) is 14.9. The van der Waals surface area contributed by atoms with Gasteiger partial charge in [0.05, 0.1) is 18.7 Å².